The minimum absolute atomic E-state index is 0.0311. The predicted molar refractivity (Wildman–Crippen MR) is 99.2 cm³/mol. The zero-order valence-corrected chi connectivity index (χ0v) is 15.3. The van der Waals surface area contributed by atoms with E-state index in [2.05, 4.69) is 0 Å². The molecule has 4 nitrogen and oxygen atoms in total. The van der Waals surface area contributed by atoms with Crippen LogP contribution in [0.4, 0.5) is 13.2 Å². The highest BCUT2D eigenvalue weighted by Crippen LogP contribution is 2.22. The van der Waals surface area contributed by atoms with Crippen LogP contribution in [0.25, 0.3) is 0 Å². The van der Waals surface area contributed by atoms with Gasteiger partial charge in [-0.25, -0.2) is 0 Å². The van der Waals surface area contributed by atoms with Gasteiger partial charge in [0.05, 0.1) is 12.2 Å². The van der Waals surface area contributed by atoms with Crippen LogP contribution in [0.1, 0.15) is 51.4 Å². The molecule has 0 aliphatic carbocycles. The molecule has 3 N–H and O–H groups in total. The molecule has 7 heteroatoms. The zero-order valence-electron chi connectivity index (χ0n) is 15.3. The maximum atomic E-state index is 11.9. The van der Waals surface area contributed by atoms with Crippen molar-refractivity contribution in [3.05, 3.63) is 48.6 Å². The van der Waals surface area contributed by atoms with Crippen LogP contribution in [-0.2, 0) is 4.79 Å². The number of halogens is 3. The molecule has 2 atom stereocenters. The fourth-order valence-corrected chi connectivity index (χ4v) is 2.09. The van der Waals surface area contributed by atoms with Crippen LogP contribution in [-0.4, -0.2) is 39.7 Å². The topological polar surface area (TPSA) is 77.8 Å². The van der Waals surface area contributed by atoms with Crippen molar-refractivity contribution in [3.8, 4) is 0 Å². The van der Waals surface area contributed by atoms with Crippen LogP contribution in [0.5, 0.6) is 0 Å². The number of hydrogen-bond acceptors (Lipinski definition) is 3. The molecule has 0 aliphatic heterocycles. The third-order valence-corrected chi connectivity index (χ3v) is 3.52. The van der Waals surface area contributed by atoms with Crippen molar-refractivity contribution in [2.45, 2.75) is 69.8 Å². The summed E-state index contributed by atoms with van der Waals surface area (Å²) in [6, 6.07) is 0. The summed E-state index contributed by atoms with van der Waals surface area (Å²) in [5.41, 5.74) is 0. The second-order valence-electron chi connectivity index (χ2n) is 6.14. The van der Waals surface area contributed by atoms with Gasteiger partial charge in [-0.05, 0) is 38.5 Å². The van der Waals surface area contributed by atoms with Gasteiger partial charge in [0.25, 0.3) is 0 Å². The molecule has 27 heavy (non-hydrogen) atoms. The number of hydrogen-bond donors (Lipinski definition) is 3. The quantitative estimate of drug-likeness (QED) is 0.228. The Bertz CT molecular complexity index is 508. The minimum Gasteiger partial charge on any atom is -0.481 e. The van der Waals surface area contributed by atoms with Gasteiger partial charge in [-0.15, -0.1) is 0 Å². The molecule has 0 amide bonds. The summed E-state index contributed by atoms with van der Waals surface area (Å²) in [5.74, 6) is -0.883. The van der Waals surface area contributed by atoms with E-state index in [-0.39, 0.29) is 12.8 Å². The summed E-state index contributed by atoms with van der Waals surface area (Å²) >= 11 is 0. The molecule has 0 bridgehead atoms. The van der Waals surface area contributed by atoms with Gasteiger partial charge < -0.3 is 15.3 Å². The SMILES string of the molecule is O=C(O)CCC[C@H](O)C=CC=CC=C[C@H](O)CC=CCCCCC(F)(F)F. The zero-order chi connectivity index (χ0) is 20.5. The fraction of sp³-hybridized carbons (Fsp3) is 0.550. The lowest BCUT2D eigenvalue weighted by atomic mass is 10.1. The summed E-state index contributed by atoms with van der Waals surface area (Å²) in [7, 11) is 0. The van der Waals surface area contributed by atoms with E-state index < -0.39 is 30.8 Å². The molecule has 0 spiro atoms. The fourth-order valence-electron chi connectivity index (χ4n) is 2.09. The normalized spacial score (nSPS) is 15.4. The summed E-state index contributed by atoms with van der Waals surface area (Å²) in [4.78, 5) is 10.3. The maximum absolute atomic E-state index is 11.9. The summed E-state index contributed by atoms with van der Waals surface area (Å²) in [6.07, 6.45) is 9.48. The van der Waals surface area contributed by atoms with Crippen molar-refractivity contribution in [1.29, 1.82) is 0 Å². The molecule has 0 aliphatic rings. The molecule has 0 fully saturated rings. The minimum atomic E-state index is -4.09. The van der Waals surface area contributed by atoms with Crippen LogP contribution >= 0.6 is 0 Å². The highest BCUT2D eigenvalue weighted by atomic mass is 19.4. The Morgan fingerprint density at radius 2 is 1.52 bits per heavy atom. The lowest BCUT2D eigenvalue weighted by Crippen LogP contribution is -2.05. The van der Waals surface area contributed by atoms with E-state index >= 15 is 0 Å². The number of aliphatic carboxylic acids is 1. The van der Waals surface area contributed by atoms with Gasteiger partial charge in [-0.3, -0.25) is 4.79 Å². The smallest absolute Gasteiger partial charge is 0.389 e. The van der Waals surface area contributed by atoms with Gasteiger partial charge >= 0.3 is 12.1 Å². The Balaban J connectivity index is 3.82. The standard InChI is InChI=1S/C20H29F3O4/c21-20(22,23)16-9-5-1-2-6-11-17(24)12-7-3-4-8-13-18(25)14-10-15-19(26)27/h2-4,6-8,12-13,17-18,24-25H,1,5,9-11,14-16H2,(H,26,27)/t17-,18-/m1/s1. The molecule has 154 valence electrons. The van der Waals surface area contributed by atoms with Gasteiger partial charge in [0.1, 0.15) is 0 Å². The van der Waals surface area contributed by atoms with E-state index in [0.29, 0.717) is 32.1 Å². The number of carboxylic acid groups (broad SMARTS) is 1. The van der Waals surface area contributed by atoms with Crippen LogP contribution in [0, 0.1) is 0 Å². The lowest BCUT2D eigenvalue weighted by molar-refractivity contribution is -0.137. The van der Waals surface area contributed by atoms with Crippen molar-refractivity contribution >= 4 is 5.97 Å². The number of aliphatic hydroxyl groups is 2. The van der Waals surface area contributed by atoms with E-state index in [0.717, 1.165) is 0 Å². The van der Waals surface area contributed by atoms with Gasteiger partial charge in [0.2, 0.25) is 0 Å². The first-order valence-corrected chi connectivity index (χ1v) is 9.02. The molecule has 0 saturated heterocycles. The second kappa shape index (κ2) is 15.2. The number of alkyl halides is 3. The predicted octanol–water partition coefficient (Wildman–Crippen LogP) is 4.70. The Morgan fingerprint density at radius 3 is 2.11 bits per heavy atom. The number of unbranched alkanes of at least 4 members (excludes halogenated alkanes) is 2. The van der Waals surface area contributed by atoms with Crippen LogP contribution in [0.3, 0.4) is 0 Å². The summed E-state index contributed by atoms with van der Waals surface area (Å²) < 4.78 is 35.8. The van der Waals surface area contributed by atoms with Crippen molar-refractivity contribution in [2.24, 2.45) is 0 Å². The number of carboxylic acids is 1. The molecule has 0 heterocycles. The first kappa shape index (κ1) is 25.1. The highest BCUT2D eigenvalue weighted by molar-refractivity contribution is 5.66. The van der Waals surface area contributed by atoms with Crippen molar-refractivity contribution in [2.75, 3.05) is 0 Å². The molecular weight excluding hydrogens is 361 g/mol. The average molecular weight is 390 g/mol. The van der Waals surface area contributed by atoms with Crippen LogP contribution < -0.4 is 0 Å². The van der Waals surface area contributed by atoms with Gasteiger partial charge in [0, 0.05) is 12.8 Å². The first-order valence-electron chi connectivity index (χ1n) is 9.02. The average Bonchev–Trinajstić information content (AvgIpc) is 2.55. The maximum Gasteiger partial charge on any atom is 0.389 e. The van der Waals surface area contributed by atoms with E-state index in [9.17, 15) is 28.2 Å². The Labute approximate surface area is 158 Å². The highest BCUT2D eigenvalue weighted by Gasteiger charge is 2.25. The van der Waals surface area contributed by atoms with E-state index in [1.807, 2.05) is 0 Å². The van der Waals surface area contributed by atoms with E-state index in [1.165, 1.54) is 0 Å². The van der Waals surface area contributed by atoms with Crippen LogP contribution in [0.15, 0.2) is 48.6 Å². The largest absolute Gasteiger partial charge is 0.481 e. The number of aliphatic hydroxyl groups excluding tert-OH is 2. The monoisotopic (exact) mass is 390 g/mol. The van der Waals surface area contributed by atoms with E-state index in [4.69, 9.17) is 5.11 Å². The third kappa shape index (κ3) is 20.3. The molecule has 0 rings (SSSR count). The Morgan fingerprint density at radius 1 is 0.889 bits per heavy atom. The molecule has 0 aromatic heterocycles. The number of rotatable bonds is 14. The molecule has 0 aromatic carbocycles. The van der Waals surface area contributed by atoms with Gasteiger partial charge in [0.15, 0.2) is 0 Å². The molecule has 0 aromatic rings. The molecule has 0 saturated carbocycles. The molecule has 0 radical (unpaired) electrons. The van der Waals surface area contributed by atoms with Crippen LogP contribution in [0.2, 0.25) is 0 Å². The summed E-state index contributed by atoms with van der Waals surface area (Å²) in [5, 5.41) is 27.8. The van der Waals surface area contributed by atoms with Gasteiger partial charge in [-0.2, -0.15) is 13.2 Å². The molecular formula is C20H29F3O4. The number of allylic oxidation sites excluding steroid dienone is 5. The molecule has 0 unspecified atom stereocenters. The van der Waals surface area contributed by atoms with E-state index in [1.54, 1.807) is 48.6 Å². The first-order chi connectivity index (χ1) is 12.7. The van der Waals surface area contributed by atoms with Crippen molar-refractivity contribution in [3.63, 3.8) is 0 Å². The number of carbonyl (C=O) groups is 1. The second-order valence-corrected chi connectivity index (χ2v) is 6.14. The third-order valence-electron chi connectivity index (χ3n) is 3.52. The Hall–Kier alpha value is -1.86. The summed E-state index contributed by atoms with van der Waals surface area (Å²) in [6.45, 7) is 0. The van der Waals surface area contributed by atoms with Gasteiger partial charge in [-0.1, -0.05) is 48.6 Å². The van der Waals surface area contributed by atoms with Crippen molar-refractivity contribution in [1.82, 2.24) is 0 Å². The van der Waals surface area contributed by atoms with Crippen molar-refractivity contribution < 1.29 is 33.3 Å². The lowest BCUT2D eigenvalue weighted by Gasteiger charge is -2.04. The Kier molecular flexibility index (Phi) is 14.2.